The lowest BCUT2D eigenvalue weighted by atomic mass is 10.2. The number of para-hydroxylation sites is 1. The number of hydrogen-bond donors (Lipinski definition) is 2. The Morgan fingerprint density at radius 1 is 1.30 bits per heavy atom. The van der Waals surface area contributed by atoms with Gasteiger partial charge in [0.15, 0.2) is 0 Å². The minimum atomic E-state index is -0.566. The van der Waals surface area contributed by atoms with Crippen molar-refractivity contribution in [1.82, 2.24) is 20.2 Å². The van der Waals surface area contributed by atoms with Crippen molar-refractivity contribution in [3.63, 3.8) is 0 Å². The second kappa shape index (κ2) is 7.04. The van der Waals surface area contributed by atoms with Crippen molar-refractivity contribution in [3.05, 3.63) is 40.4 Å². The molecule has 1 atom stereocenters. The van der Waals surface area contributed by atoms with Crippen molar-refractivity contribution in [3.8, 4) is 0 Å². The zero-order valence-corrected chi connectivity index (χ0v) is 13.4. The number of fused-ring (bicyclic) bond motifs is 1. The monoisotopic (exact) mass is 316 g/mol. The number of aryl methyl sites for hydroxylation is 1. The van der Waals surface area contributed by atoms with Crippen molar-refractivity contribution in [2.24, 2.45) is 0 Å². The average molecular weight is 316 g/mol. The molecule has 0 saturated carbocycles. The number of aromatic nitrogens is 2. The van der Waals surface area contributed by atoms with Crippen LogP contribution in [0.15, 0.2) is 29.1 Å². The fraction of sp³-hybridized carbons (Fsp3) is 0.375. The van der Waals surface area contributed by atoms with E-state index in [2.05, 4.69) is 15.6 Å². The number of carbonyl (C=O) groups is 2. The maximum atomic E-state index is 12.4. The van der Waals surface area contributed by atoms with Gasteiger partial charge in [0.2, 0.25) is 5.91 Å². The summed E-state index contributed by atoms with van der Waals surface area (Å²) < 4.78 is 1.26. The van der Waals surface area contributed by atoms with E-state index < -0.39 is 11.9 Å². The van der Waals surface area contributed by atoms with Crippen LogP contribution in [0.25, 0.3) is 10.9 Å². The van der Waals surface area contributed by atoms with Gasteiger partial charge in [0.25, 0.3) is 5.56 Å². The largest absolute Gasteiger partial charge is 0.335 e. The lowest BCUT2D eigenvalue weighted by molar-refractivity contribution is -0.120. The van der Waals surface area contributed by atoms with Crippen LogP contribution in [0.1, 0.15) is 26.1 Å². The van der Waals surface area contributed by atoms with Gasteiger partial charge in [-0.1, -0.05) is 19.1 Å². The van der Waals surface area contributed by atoms with Crippen molar-refractivity contribution in [2.75, 3.05) is 0 Å². The van der Waals surface area contributed by atoms with Gasteiger partial charge >= 0.3 is 6.03 Å². The molecule has 0 radical (unpaired) electrons. The molecule has 0 aliphatic rings. The highest BCUT2D eigenvalue weighted by molar-refractivity contribution is 5.94. The van der Waals surface area contributed by atoms with Crippen molar-refractivity contribution < 1.29 is 9.59 Å². The molecule has 1 aromatic heterocycles. The topological polar surface area (TPSA) is 93.1 Å². The van der Waals surface area contributed by atoms with E-state index in [1.807, 2.05) is 13.8 Å². The summed E-state index contributed by atoms with van der Waals surface area (Å²) in [5.41, 5.74) is 0.284. The highest BCUT2D eigenvalue weighted by Gasteiger charge is 2.14. The van der Waals surface area contributed by atoms with Crippen LogP contribution in [0, 0.1) is 6.92 Å². The quantitative estimate of drug-likeness (QED) is 0.890. The Hall–Kier alpha value is -2.70. The maximum absolute atomic E-state index is 12.4. The van der Waals surface area contributed by atoms with Gasteiger partial charge in [-0.15, -0.1) is 0 Å². The molecule has 0 saturated heterocycles. The minimum absolute atomic E-state index is 0.0328. The first-order valence-electron chi connectivity index (χ1n) is 7.49. The Morgan fingerprint density at radius 3 is 2.70 bits per heavy atom. The second-order valence-electron chi connectivity index (χ2n) is 5.40. The molecule has 0 aliphatic carbocycles. The van der Waals surface area contributed by atoms with Crippen LogP contribution in [0.3, 0.4) is 0 Å². The summed E-state index contributed by atoms with van der Waals surface area (Å²) in [6.45, 7) is 5.17. The number of imide groups is 1. The van der Waals surface area contributed by atoms with Crippen LogP contribution in [-0.4, -0.2) is 27.5 Å². The van der Waals surface area contributed by atoms with E-state index in [4.69, 9.17) is 0 Å². The molecule has 0 spiro atoms. The number of amides is 3. The Bertz CT molecular complexity index is 798. The van der Waals surface area contributed by atoms with Gasteiger partial charge in [-0.3, -0.25) is 19.5 Å². The highest BCUT2D eigenvalue weighted by Crippen LogP contribution is 2.07. The minimum Gasteiger partial charge on any atom is -0.335 e. The Labute approximate surface area is 133 Å². The molecule has 1 aromatic carbocycles. The number of rotatable bonds is 4. The Balaban J connectivity index is 2.17. The van der Waals surface area contributed by atoms with Gasteiger partial charge in [0.05, 0.1) is 10.9 Å². The van der Waals surface area contributed by atoms with Crippen LogP contribution in [0.4, 0.5) is 4.79 Å². The molecule has 1 heterocycles. The summed E-state index contributed by atoms with van der Waals surface area (Å²) in [6, 6.07) is 6.34. The average Bonchev–Trinajstić information content (AvgIpc) is 2.51. The fourth-order valence-corrected chi connectivity index (χ4v) is 2.14. The van der Waals surface area contributed by atoms with Crippen LogP contribution < -0.4 is 16.2 Å². The van der Waals surface area contributed by atoms with Crippen molar-refractivity contribution >= 4 is 22.8 Å². The van der Waals surface area contributed by atoms with Gasteiger partial charge in [-0.2, -0.15) is 0 Å². The third-order valence-corrected chi connectivity index (χ3v) is 3.60. The molecule has 0 bridgehead atoms. The van der Waals surface area contributed by atoms with E-state index in [1.165, 1.54) is 4.57 Å². The summed E-state index contributed by atoms with van der Waals surface area (Å²) in [5.74, 6) is -0.140. The highest BCUT2D eigenvalue weighted by atomic mass is 16.2. The van der Waals surface area contributed by atoms with E-state index in [-0.39, 0.29) is 18.1 Å². The van der Waals surface area contributed by atoms with E-state index in [0.717, 1.165) is 6.42 Å². The van der Waals surface area contributed by atoms with Crippen LogP contribution >= 0.6 is 0 Å². The molecule has 0 aliphatic heterocycles. The number of carbonyl (C=O) groups excluding carboxylic acids is 2. The number of nitrogens with zero attached hydrogens (tertiary/aromatic N) is 2. The first-order chi connectivity index (χ1) is 10.9. The molecular weight excluding hydrogens is 296 g/mol. The number of benzene rings is 1. The standard InChI is InChI=1S/C16H20N4O3/c1-4-10(2)17-16(23)19-14(21)9-20-11(3)18-13-8-6-5-7-12(13)15(20)22/h5-8,10H,4,9H2,1-3H3,(H2,17,19,21,23)/t10-/m0/s1. The number of urea groups is 1. The van der Waals surface area contributed by atoms with E-state index in [9.17, 15) is 14.4 Å². The van der Waals surface area contributed by atoms with E-state index >= 15 is 0 Å². The fourth-order valence-electron chi connectivity index (χ4n) is 2.14. The van der Waals surface area contributed by atoms with Gasteiger partial charge in [0, 0.05) is 6.04 Å². The molecular formula is C16H20N4O3. The van der Waals surface area contributed by atoms with Gasteiger partial charge in [-0.05, 0) is 32.4 Å². The normalized spacial score (nSPS) is 12.0. The second-order valence-corrected chi connectivity index (χ2v) is 5.40. The summed E-state index contributed by atoms with van der Waals surface area (Å²) >= 11 is 0. The van der Waals surface area contributed by atoms with Gasteiger partial charge < -0.3 is 5.32 Å². The Morgan fingerprint density at radius 2 is 2.00 bits per heavy atom. The summed E-state index contributed by atoms with van der Waals surface area (Å²) in [5, 5.41) is 5.29. The zero-order chi connectivity index (χ0) is 17.0. The molecule has 0 unspecified atom stereocenters. The van der Waals surface area contributed by atoms with E-state index in [0.29, 0.717) is 16.7 Å². The van der Waals surface area contributed by atoms with Crippen LogP contribution in [0.5, 0.6) is 0 Å². The smallest absolute Gasteiger partial charge is 0.321 e. The lowest BCUT2D eigenvalue weighted by Crippen LogP contribution is -2.45. The van der Waals surface area contributed by atoms with Crippen molar-refractivity contribution in [2.45, 2.75) is 39.8 Å². The van der Waals surface area contributed by atoms with Gasteiger partial charge in [0.1, 0.15) is 12.4 Å². The summed E-state index contributed by atoms with van der Waals surface area (Å²) in [7, 11) is 0. The predicted octanol–water partition coefficient (Wildman–Crippen LogP) is 1.33. The lowest BCUT2D eigenvalue weighted by Gasteiger charge is -2.13. The summed E-state index contributed by atoms with van der Waals surface area (Å²) in [4.78, 5) is 40.4. The molecule has 0 fully saturated rings. The molecule has 2 N–H and O–H groups in total. The third-order valence-electron chi connectivity index (χ3n) is 3.60. The van der Waals surface area contributed by atoms with Crippen molar-refractivity contribution in [1.29, 1.82) is 0 Å². The molecule has 7 heteroatoms. The Kier molecular flexibility index (Phi) is 5.10. The third kappa shape index (κ3) is 3.94. The van der Waals surface area contributed by atoms with E-state index in [1.54, 1.807) is 31.2 Å². The van der Waals surface area contributed by atoms with Crippen LogP contribution in [0.2, 0.25) is 0 Å². The zero-order valence-electron chi connectivity index (χ0n) is 13.4. The maximum Gasteiger partial charge on any atom is 0.321 e. The number of nitrogens with one attached hydrogen (secondary N) is 2. The molecule has 23 heavy (non-hydrogen) atoms. The number of hydrogen-bond acceptors (Lipinski definition) is 4. The molecule has 2 aromatic rings. The van der Waals surface area contributed by atoms with Crippen LogP contribution in [-0.2, 0) is 11.3 Å². The van der Waals surface area contributed by atoms with Gasteiger partial charge in [-0.25, -0.2) is 9.78 Å². The first kappa shape index (κ1) is 16.7. The molecule has 122 valence electrons. The first-order valence-corrected chi connectivity index (χ1v) is 7.49. The molecule has 2 rings (SSSR count). The SMILES string of the molecule is CC[C@H](C)NC(=O)NC(=O)Cn1c(C)nc2ccccc2c1=O. The summed E-state index contributed by atoms with van der Waals surface area (Å²) in [6.07, 6.45) is 0.759. The predicted molar refractivity (Wildman–Crippen MR) is 87.2 cm³/mol. The molecule has 7 nitrogen and oxygen atoms in total. The molecule has 3 amide bonds.